The van der Waals surface area contributed by atoms with Crippen LogP contribution in [0.15, 0.2) is 0 Å². The van der Waals surface area contributed by atoms with Gasteiger partial charge in [-0.3, -0.25) is 9.59 Å². The molecule has 1 saturated heterocycles. The number of hydrogen-bond acceptors (Lipinski definition) is 4. The van der Waals surface area contributed by atoms with Crippen molar-refractivity contribution >= 4 is 23.6 Å². The number of ether oxygens (including phenoxy) is 1. The first kappa shape index (κ1) is 15.7. The molecule has 0 aromatic rings. The molecule has 1 aliphatic carbocycles. The molecular weight excluding hydrogens is 274 g/mol. The predicted molar refractivity (Wildman–Crippen MR) is 80.6 cm³/mol. The molecular formula is C15H25NO3S. The van der Waals surface area contributed by atoms with Gasteiger partial charge in [-0.15, -0.1) is 0 Å². The lowest BCUT2D eigenvalue weighted by atomic mass is 9.86. The molecule has 0 atom stereocenters. The van der Waals surface area contributed by atoms with E-state index < -0.39 is 0 Å². The van der Waals surface area contributed by atoms with Gasteiger partial charge in [-0.25, -0.2) is 0 Å². The second-order valence-corrected chi connectivity index (χ2v) is 7.12. The summed E-state index contributed by atoms with van der Waals surface area (Å²) in [6.45, 7) is 0. The Morgan fingerprint density at radius 1 is 1.10 bits per heavy atom. The molecule has 20 heavy (non-hydrogen) atoms. The van der Waals surface area contributed by atoms with E-state index in [1.807, 2.05) is 11.8 Å². The average Bonchev–Trinajstić information content (AvgIpc) is 2.48. The SMILES string of the molecule is COC(=O)C1CCC(NC(=O)CC2CCSCC2)CC1. The molecule has 4 nitrogen and oxygen atoms in total. The highest BCUT2D eigenvalue weighted by molar-refractivity contribution is 7.99. The number of carbonyl (C=O) groups is 2. The molecule has 0 aromatic heterocycles. The maximum Gasteiger partial charge on any atom is 0.308 e. The summed E-state index contributed by atoms with van der Waals surface area (Å²) in [4.78, 5) is 23.5. The molecule has 1 aliphatic heterocycles. The first-order valence-corrected chi connectivity index (χ1v) is 8.79. The van der Waals surface area contributed by atoms with Crippen LogP contribution in [0.5, 0.6) is 0 Å². The lowest BCUT2D eigenvalue weighted by Crippen LogP contribution is -2.39. The second kappa shape index (κ2) is 7.91. The van der Waals surface area contributed by atoms with Crippen LogP contribution in [0, 0.1) is 11.8 Å². The molecule has 2 fully saturated rings. The lowest BCUT2D eigenvalue weighted by Gasteiger charge is -2.28. The monoisotopic (exact) mass is 299 g/mol. The van der Waals surface area contributed by atoms with Crippen molar-refractivity contribution in [1.82, 2.24) is 5.32 Å². The third-order valence-electron chi connectivity index (χ3n) is 4.44. The number of esters is 1. The van der Waals surface area contributed by atoms with Gasteiger partial charge in [0.25, 0.3) is 0 Å². The van der Waals surface area contributed by atoms with Crippen LogP contribution in [0.3, 0.4) is 0 Å². The molecule has 0 bridgehead atoms. The topological polar surface area (TPSA) is 55.4 Å². The summed E-state index contributed by atoms with van der Waals surface area (Å²) in [6, 6.07) is 0.251. The third-order valence-corrected chi connectivity index (χ3v) is 5.49. The van der Waals surface area contributed by atoms with Crippen molar-refractivity contribution in [3.63, 3.8) is 0 Å². The van der Waals surface area contributed by atoms with Gasteiger partial charge in [0, 0.05) is 12.5 Å². The van der Waals surface area contributed by atoms with Gasteiger partial charge in [0.1, 0.15) is 0 Å². The lowest BCUT2D eigenvalue weighted by molar-refractivity contribution is -0.146. The Hall–Kier alpha value is -0.710. The van der Waals surface area contributed by atoms with Crippen LogP contribution < -0.4 is 5.32 Å². The van der Waals surface area contributed by atoms with Gasteiger partial charge in [-0.05, 0) is 55.9 Å². The minimum atomic E-state index is -0.102. The van der Waals surface area contributed by atoms with Crippen LogP contribution in [-0.4, -0.2) is 36.5 Å². The van der Waals surface area contributed by atoms with Crippen molar-refractivity contribution in [3.8, 4) is 0 Å². The van der Waals surface area contributed by atoms with Crippen LogP contribution in [0.1, 0.15) is 44.9 Å². The number of rotatable bonds is 4. The minimum absolute atomic E-state index is 0.0310. The number of carbonyl (C=O) groups excluding carboxylic acids is 2. The fraction of sp³-hybridized carbons (Fsp3) is 0.867. The van der Waals surface area contributed by atoms with Gasteiger partial charge in [0.15, 0.2) is 0 Å². The molecule has 1 N–H and O–H groups in total. The van der Waals surface area contributed by atoms with E-state index in [1.54, 1.807) is 0 Å². The zero-order valence-corrected chi connectivity index (χ0v) is 13.0. The molecule has 1 saturated carbocycles. The van der Waals surface area contributed by atoms with Crippen molar-refractivity contribution in [2.45, 2.75) is 51.0 Å². The van der Waals surface area contributed by atoms with Crippen LogP contribution in [0.25, 0.3) is 0 Å². The van der Waals surface area contributed by atoms with Crippen molar-refractivity contribution in [3.05, 3.63) is 0 Å². The largest absolute Gasteiger partial charge is 0.469 e. The fourth-order valence-corrected chi connectivity index (χ4v) is 4.34. The highest BCUT2D eigenvalue weighted by Crippen LogP contribution is 2.27. The maximum atomic E-state index is 12.0. The summed E-state index contributed by atoms with van der Waals surface area (Å²) < 4.78 is 4.78. The van der Waals surface area contributed by atoms with Gasteiger partial charge >= 0.3 is 5.97 Å². The smallest absolute Gasteiger partial charge is 0.308 e. The summed E-state index contributed by atoms with van der Waals surface area (Å²) in [6.07, 6.45) is 6.48. The minimum Gasteiger partial charge on any atom is -0.469 e. The van der Waals surface area contributed by atoms with Gasteiger partial charge < -0.3 is 10.1 Å². The van der Waals surface area contributed by atoms with E-state index >= 15 is 0 Å². The first-order chi connectivity index (χ1) is 9.69. The molecule has 1 heterocycles. The van der Waals surface area contributed by atoms with Crippen molar-refractivity contribution in [1.29, 1.82) is 0 Å². The van der Waals surface area contributed by atoms with Crippen LogP contribution in [0.2, 0.25) is 0 Å². The zero-order chi connectivity index (χ0) is 14.4. The molecule has 0 radical (unpaired) electrons. The second-order valence-electron chi connectivity index (χ2n) is 5.90. The molecule has 0 aromatic carbocycles. The predicted octanol–water partition coefficient (Wildman–Crippen LogP) is 2.37. The summed E-state index contributed by atoms with van der Waals surface area (Å²) in [7, 11) is 1.44. The van der Waals surface area contributed by atoms with E-state index in [1.165, 1.54) is 31.5 Å². The van der Waals surface area contributed by atoms with Gasteiger partial charge in [0.05, 0.1) is 13.0 Å². The number of methoxy groups -OCH3 is 1. The standard InChI is InChI=1S/C15H25NO3S/c1-19-15(18)12-2-4-13(5-3-12)16-14(17)10-11-6-8-20-9-7-11/h11-13H,2-10H2,1H3,(H,16,17). The average molecular weight is 299 g/mol. The van der Waals surface area contributed by atoms with Crippen molar-refractivity contribution in [2.75, 3.05) is 18.6 Å². The van der Waals surface area contributed by atoms with Crippen LogP contribution in [-0.2, 0) is 14.3 Å². The highest BCUT2D eigenvalue weighted by Gasteiger charge is 2.28. The first-order valence-electron chi connectivity index (χ1n) is 7.64. The Morgan fingerprint density at radius 3 is 2.35 bits per heavy atom. The molecule has 2 aliphatic rings. The van der Waals surface area contributed by atoms with E-state index in [2.05, 4.69) is 5.32 Å². The van der Waals surface area contributed by atoms with Crippen molar-refractivity contribution in [2.24, 2.45) is 11.8 Å². The number of hydrogen-bond donors (Lipinski definition) is 1. The zero-order valence-electron chi connectivity index (χ0n) is 12.2. The Morgan fingerprint density at radius 2 is 1.75 bits per heavy atom. The van der Waals surface area contributed by atoms with Gasteiger partial charge in [0.2, 0.25) is 5.91 Å². The highest BCUT2D eigenvalue weighted by atomic mass is 32.2. The fourth-order valence-electron chi connectivity index (χ4n) is 3.14. The molecule has 5 heteroatoms. The van der Waals surface area contributed by atoms with E-state index in [9.17, 15) is 9.59 Å². The van der Waals surface area contributed by atoms with E-state index in [4.69, 9.17) is 4.74 Å². The Labute approximate surface area is 125 Å². The summed E-state index contributed by atoms with van der Waals surface area (Å²) >= 11 is 1.99. The summed E-state index contributed by atoms with van der Waals surface area (Å²) in [5, 5.41) is 3.15. The number of nitrogens with one attached hydrogen (secondary N) is 1. The Balaban J connectivity index is 1.66. The van der Waals surface area contributed by atoms with Crippen LogP contribution >= 0.6 is 11.8 Å². The molecule has 114 valence electrons. The molecule has 0 unspecified atom stereocenters. The van der Waals surface area contributed by atoms with E-state index in [-0.39, 0.29) is 23.8 Å². The Kier molecular flexibility index (Phi) is 6.20. The molecule has 2 rings (SSSR count). The third kappa shape index (κ3) is 4.69. The quantitative estimate of drug-likeness (QED) is 0.810. The van der Waals surface area contributed by atoms with Crippen molar-refractivity contribution < 1.29 is 14.3 Å². The Bertz CT molecular complexity index is 334. The number of amides is 1. The maximum absolute atomic E-state index is 12.0. The summed E-state index contributed by atoms with van der Waals surface area (Å²) in [5.41, 5.74) is 0. The number of thioether (sulfide) groups is 1. The van der Waals surface area contributed by atoms with Gasteiger partial charge in [-0.2, -0.15) is 11.8 Å². The molecule has 0 spiro atoms. The van der Waals surface area contributed by atoms with Crippen LogP contribution in [0.4, 0.5) is 0 Å². The van der Waals surface area contributed by atoms with E-state index in [0.717, 1.165) is 25.7 Å². The molecule has 1 amide bonds. The normalized spacial score (nSPS) is 27.9. The van der Waals surface area contributed by atoms with Gasteiger partial charge in [-0.1, -0.05) is 0 Å². The summed E-state index contributed by atoms with van der Waals surface area (Å²) in [5.74, 6) is 3.09. The van der Waals surface area contributed by atoms with E-state index in [0.29, 0.717) is 12.3 Å².